The van der Waals surface area contributed by atoms with Crippen LogP contribution in [0.4, 0.5) is 0 Å². The van der Waals surface area contributed by atoms with Crippen molar-refractivity contribution in [2.24, 2.45) is 0 Å². The molecule has 1 saturated heterocycles. The molecule has 3 atom stereocenters. The summed E-state index contributed by atoms with van der Waals surface area (Å²) in [4.78, 5) is 7.77. The van der Waals surface area contributed by atoms with Crippen molar-refractivity contribution in [1.82, 2.24) is 15.3 Å². The van der Waals surface area contributed by atoms with Crippen LogP contribution in [0, 0.1) is 0 Å². The number of nitrogens with one attached hydrogen (secondary N) is 2. The first-order valence-electron chi connectivity index (χ1n) is 8.03. The third-order valence-electron chi connectivity index (χ3n) is 4.73. The van der Waals surface area contributed by atoms with Gasteiger partial charge >= 0.3 is 0 Å². The van der Waals surface area contributed by atoms with Crippen molar-refractivity contribution >= 4 is 10.9 Å². The summed E-state index contributed by atoms with van der Waals surface area (Å²) >= 11 is 0. The number of piperidine rings is 1. The molecular formula is C19H21N3. The lowest BCUT2D eigenvalue weighted by atomic mass is 9.83. The van der Waals surface area contributed by atoms with E-state index in [4.69, 9.17) is 0 Å². The van der Waals surface area contributed by atoms with Crippen molar-refractivity contribution in [2.75, 3.05) is 0 Å². The fourth-order valence-corrected chi connectivity index (χ4v) is 3.67. The normalized spacial score (nSPS) is 25.4. The minimum atomic E-state index is 0.430. The molecule has 3 heteroatoms. The van der Waals surface area contributed by atoms with Crippen LogP contribution >= 0.6 is 0 Å². The van der Waals surface area contributed by atoms with Gasteiger partial charge in [-0.25, -0.2) is 0 Å². The summed E-state index contributed by atoms with van der Waals surface area (Å²) in [5.74, 6) is 0.564. The number of hydrogen-bond donors (Lipinski definition) is 2. The number of nitrogens with zero attached hydrogens (tertiary/aromatic N) is 1. The molecule has 3 aromatic rings. The smallest absolute Gasteiger partial charge is 0.0642 e. The number of aromatic nitrogens is 2. The van der Waals surface area contributed by atoms with Gasteiger partial charge in [0.25, 0.3) is 0 Å². The van der Waals surface area contributed by atoms with Gasteiger partial charge < -0.3 is 10.3 Å². The van der Waals surface area contributed by atoms with E-state index in [-0.39, 0.29) is 0 Å². The Morgan fingerprint density at radius 2 is 1.95 bits per heavy atom. The van der Waals surface area contributed by atoms with Gasteiger partial charge in [0.1, 0.15) is 0 Å². The summed E-state index contributed by atoms with van der Waals surface area (Å²) in [5.41, 5.74) is 3.87. The molecule has 0 saturated carbocycles. The quantitative estimate of drug-likeness (QED) is 0.744. The monoisotopic (exact) mass is 291 g/mol. The van der Waals surface area contributed by atoms with E-state index in [0.717, 1.165) is 11.9 Å². The van der Waals surface area contributed by atoms with Crippen LogP contribution in [0.5, 0.6) is 0 Å². The molecule has 3 nitrogen and oxygen atoms in total. The number of rotatable bonds is 2. The highest BCUT2D eigenvalue weighted by molar-refractivity contribution is 5.79. The summed E-state index contributed by atoms with van der Waals surface area (Å²) in [6, 6.07) is 16.1. The number of fused-ring (bicyclic) bond motifs is 1. The zero-order valence-corrected chi connectivity index (χ0v) is 12.8. The SMILES string of the molecule is CC1CC(c2cc3ccncc3[nH]2)CC(c2ccccc2)N1. The molecule has 1 fully saturated rings. The van der Waals surface area contributed by atoms with E-state index in [9.17, 15) is 0 Å². The first-order valence-corrected chi connectivity index (χ1v) is 8.03. The third kappa shape index (κ3) is 2.53. The molecule has 1 aliphatic heterocycles. The number of H-pyrrole nitrogens is 1. The van der Waals surface area contributed by atoms with E-state index in [1.165, 1.54) is 23.1 Å². The predicted octanol–water partition coefficient (Wildman–Crippen LogP) is 4.16. The Labute approximate surface area is 130 Å². The molecule has 0 bridgehead atoms. The average Bonchev–Trinajstić information content (AvgIpc) is 2.99. The van der Waals surface area contributed by atoms with Gasteiger partial charge in [-0.2, -0.15) is 0 Å². The second kappa shape index (κ2) is 5.58. The van der Waals surface area contributed by atoms with Crippen LogP contribution in [0.3, 0.4) is 0 Å². The molecule has 22 heavy (non-hydrogen) atoms. The average molecular weight is 291 g/mol. The molecule has 0 amide bonds. The van der Waals surface area contributed by atoms with Crippen LogP contribution < -0.4 is 5.32 Å². The molecule has 2 N–H and O–H groups in total. The molecule has 112 valence electrons. The molecule has 3 unspecified atom stereocenters. The molecule has 0 spiro atoms. The van der Waals surface area contributed by atoms with Gasteiger partial charge in [0.05, 0.1) is 11.7 Å². The van der Waals surface area contributed by atoms with Gasteiger partial charge in [0.2, 0.25) is 0 Å². The van der Waals surface area contributed by atoms with E-state index in [2.05, 4.69) is 64.7 Å². The minimum absolute atomic E-state index is 0.430. The molecule has 3 heterocycles. The lowest BCUT2D eigenvalue weighted by Crippen LogP contribution is -2.38. The largest absolute Gasteiger partial charge is 0.357 e. The maximum Gasteiger partial charge on any atom is 0.0642 e. The Bertz CT molecular complexity index is 729. The van der Waals surface area contributed by atoms with Crippen molar-refractivity contribution in [2.45, 2.75) is 37.8 Å². The van der Waals surface area contributed by atoms with Gasteiger partial charge in [-0.3, -0.25) is 4.98 Å². The Kier molecular flexibility index (Phi) is 3.43. The first-order chi connectivity index (χ1) is 10.8. The van der Waals surface area contributed by atoms with Crippen LogP contribution in [0.15, 0.2) is 54.9 Å². The topological polar surface area (TPSA) is 40.7 Å². The number of pyridine rings is 1. The van der Waals surface area contributed by atoms with Crippen molar-refractivity contribution in [3.8, 4) is 0 Å². The van der Waals surface area contributed by atoms with Gasteiger partial charge in [0.15, 0.2) is 0 Å². The molecule has 0 radical (unpaired) electrons. The lowest BCUT2D eigenvalue weighted by molar-refractivity contribution is 0.304. The van der Waals surface area contributed by atoms with Crippen LogP contribution in [-0.2, 0) is 0 Å². The highest BCUT2D eigenvalue weighted by atomic mass is 15.0. The first kappa shape index (κ1) is 13.5. The van der Waals surface area contributed by atoms with E-state index < -0.39 is 0 Å². The summed E-state index contributed by atoms with van der Waals surface area (Å²) in [6.07, 6.45) is 6.08. The summed E-state index contributed by atoms with van der Waals surface area (Å²) in [7, 11) is 0. The summed E-state index contributed by atoms with van der Waals surface area (Å²) in [5, 5.41) is 5.00. The maximum absolute atomic E-state index is 4.21. The van der Waals surface area contributed by atoms with Gasteiger partial charge in [0, 0.05) is 35.3 Å². The van der Waals surface area contributed by atoms with Crippen molar-refractivity contribution in [3.05, 3.63) is 66.1 Å². The Morgan fingerprint density at radius 3 is 2.77 bits per heavy atom. The Morgan fingerprint density at radius 1 is 1.09 bits per heavy atom. The zero-order valence-electron chi connectivity index (χ0n) is 12.8. The number of hydrogen-bond acceptors (Lipinski definition) is 2. The molecular weight excluding hydrogens is 270 g/mol. The van der Waals surface area contributed by atoms with E-state index in [0.29, 0.717) is 18.0 Å². The van der Waals surface area contributed by atoms with Crippen molar-refractivity contribution in [3.63, 3.8) is 0 Å². The summed E-state index contributed by atoms with van der Waals surface area (Å²) < 4.78 is 0. The zero-order chi connectivity index (χ0) is 14.9. The highest BCUT2D eigenvalue weighted by Crippen LogP contribution is 2.36. The second-order valence-electron chi connectivity index (χ2n) is 6.39. The van der Waals surface area contributed by atoms with E-state index >= 15 is 0 Å². The Hall–Kier alpha value is -2.13. The maximum atomic E-state index is 4.21. The lowest BCUT2D eigenvalue weighted by Gasteiger charge is -2.34. The predicted molar refractivity (Wildman–Crippen MR) is 89.8 cm³/mol. The summed E-state index contributed by atoms with van der Waals surface area (Å²) in [6.45, 7) is 2.28. The van der Waals surface area contributed by atoms with Crippen LogP contribution in [0.2, 0.25) is 0 Å². The Balaban J connectivity index is 1.63. The number of benzene rings is 1. The second-order valence-corrected chi connectivity index (χ2v) is 6.39. The molecule has 1 aromatic carbocycles. The van der Waals surface area contributed by atoms with Gasteiger partial charge in [-0.15, -0.1) is 0 Å². The fourth-order valence-electron chi connectivity index (χ4n) is 3.67. The van der Waals surface area contributed by atoms with Crippen molar-refractivity contribution < 1.29 is 0 Å². The minimum Gasteiger partial charge on any atom is -0.357 e. The van der Waals surface area contributed by atoms with Crippen LogP contribution in [0.25, 0.3) is 10.9 Å². The molecule has 4 rings (SSSR count). The van der Waals surface area contributed by atoms with Gasteiger partial charge in [-0.1, -0.05) is 30.3 Å². The molecule has 2 aromatic heterocycles. The van der Waals surface area contributed by atoms with E-state index in [1.54, 1.807) is 0 Å². The highest BCUT2D eigenvalue weighted by Gasteiger charge is 2.28. The van der Waals surface area contributed by atoms with Crippen molar-refractivity contribution in [1.29, 1.82) is 0 Å². The molecule has 1 aliphatic rings. The van der Waals surface area contributed by atoms with Gasteiger partial charge in [-0.05, 0) is 37.5 Å². The number of aromatic amines is 1. The van der Waals surface area contributed by atoms with E-state index in [1.807, 2.05) is 12.4 Å². The molecule has 0 aliphatic carbocycles. The van der Waals surface area contributed by atoms with Crippen LogP contribution in [-0.4, -0.2) is 16.0 Å². The van der Waals surface area contributed by atoms with Crippen LogP contribution in [0.1, 0.15) is 43.0 Å². The standard InChI is InChI=1S/C19H21N3/c1-13-9-16(11-17(21-13)14-5-3-2-4-6-14)18-10-15-7-8-20-12-19(15)22-18/h2-8,10,12-13,16-17,21-22H,9,11H2,1H3. The fraction of sp³-hybridized carbons (Fsp3) is 0.316. The third-order valence-corrected chi connectivity index (χ3v) is 4.73.